The first-order chi connectivity index (χ1) is 19.1. The molecule has 0 radical (unpaired) electrons. The molecular formula is C25H28N6O9. The summed E-state index contributed by atoms with van der Waals surface area (Å²) in [6, 6.07) is 11.3. The molecule has 15 heteroatoms. The Hall–Kier alpha value is -5.31. The van der Waals surface area contributed by atoms with Gasteiger partial charge in [0.2, 0.25) is 0 Å². The molecule has 15 nitrogen and oxygen atoms in total. The number of hydrogen-bond donors (Lipinski definition) is 7. The Labute approximate surface area is 226 Å². The highest BCUT2D eigenvalue weighted by molar-refractivity contribution is 5.97. The largest absolute Gasteiger partial charge is 0.504 e. The Morgan fingerprint density at radius 2 is 1.07 bits per heavy atom. The van der Waals surface area contributed by atoms with Gasteiger partial charge >= 0.3 is 0 Å². The summed E-state index contributed by atoms with van der Waals surface area (Å²) in [5, 5.41) is 46.7. The van der Waals surface area contributed by atoms with E-state index in [-0.39, 0.29) is 65.7 Å². The molecule has 0 aliphatic heterocycles. The number of aromatic hydroxyl groups is 2. The van der Waals surface area contributed by atoms with Gasteiger partial charge in [-0.3, -0.25) is 28.9 Å². The van der Waals surface area contributed by atoms with Gasteiger partial charge in [0, 0.05) is 51.4 Å². The summed E-state index contributed by atoms with van der Waals surface area (Å²) in [7, 11) is 0. The number of aromatic nitrogens is 2. The molecule has 1 aromatic carbocycles. The number of carbonyl (C=O) groups is 3. The number of nitrogens with one attached hydrogen (secondary N) is 3. The van der Waals surface area contributed by atoms with E-state index >= 15 is 0 Å². The van der Waals surface area contributed by atoms with Crippen LogP contribution in [0.4, 0.5) is 0 Å². The van der Waals surface area contributed by atoms with Crippen LogP contribution in [0.3, 0.4) is 0 Å². The van der Waals surface area contributed by atoms with Gasteiger partial charge in [0.1, 0.15) is 11.4 Å². The number of phenolic OH excluding ortho intramolecular Hbond substituents is 2. The van der Waals surface area contributed by atoms with Crippen molar-refractivity contribution in [3.8, 4) is 11.5 Å². The van der Waals surface area contributed by atoms with Gasteiger partial charge in [-0.1, -0.05) is 18.2 Å². The van der Waals surface area contributed by atoms with Crippen molar-refractivity contribution in [3.05, 3.63) is 92.3 Å². The third-order valence-corrected chi connectivity index (χ3v) is 5.73. The number of para-hydroxylation sites is 1. The number of nitrogens with zero attached hydrogens (tertiary/aromatic N) is 3. The summed E-state index contributed by atoms with van der Waals surface area (Å²) in [5.41, 5.74) is -2.19. The highest BCUT2D eigenvalue weighted by Gasteiger charge is 2.16. The lowest BCUT2D eigenvalue weighted by molar-refractivity contribution is 0.0885. The minimum Gasteiger partial charge on any atom is -0.504 e. The predicted octanol–water partition coefficient (Wildman–Crippen LogP) is -1.21. The average molecular weight is 557 g/mol. The van der Waals surface area contributed by atoms with E-state index < -0.39 is 40.3 Å². The van der Waals surface area contributed by atoms with Gasteiger partial charge in [-0.05, 0) is 24.3 Å². The van der Waals surface area contributed by atoms with Crippen LogP contribution < -0.4 is 27.1 Å². The molecular weight excluding hydrogens is 528 g/mol. The van der Waals surface area contributed by atoms with E-state index in [1.807, 2.05) is 0 Å². The Balaban J connectivity index is 1.59. The summed E-state index contributed by atoms with van der Waals surface area (Å²) in [6.45, 7) is 0.863. The molecule has 3 amide bonds. The lowest BCUT2D eigenvalue weighted by Crippen LogP contribution is -2.43. The van der Waals surface area contributed by atoms with E-state index in [4.69, 9.17) is 0 Å². The van der Waals surface area contributed by atoms with Crippen LogP contribution in [0.1, 0.15) is 31.3 Å². The van der Waals surface area contributed by atoms with Crippen molar-refractivity contribution in [1.82, 2.24) is 30.3 Å². The molecule has 3 aromatic rings. The van der Waals surface area contributed by atoms with Gasteiger partial charge in [0.25, 0.3) is 28.8 Å². The minimum atomic E-state index is -0.773. The zero-order chi connectivity index (χ0) is 29.2. The van der Waals surface area contributed by atoms with Crippen LogP contribution in [-0.4, -0.2) is 92.0 Å². The molecule has 2 heterocycles. The molecule has 0 saturated carbocycles. The van der Waals surface area contributed by atoms with Gasteiger partial charge in [0.15, 0.2) is 11.5 Å². The van der Waals surface area contributed by atoms with Crippen LogP contribution in [-0.2, 0) is 0 Å². The zero-order valence-corrected chi connectivity index (χ0v) is 21.1. The van der Waals surface area contributed by atoms with Crippen LogP contribution in [0.5, 0.6) is 11.5 Å². The fraction of sp³-hybridized carbons (Fsp3) is 0.240. The zero-order valence-electron chi connectivity index (χ0n) is 21.1. The van der Waals surface area contributed by atoms with Crippen molar-refractivity contribution in [2.24, 2.45) is 0 Å². The molecule has 40 heavy (non-hydrogen) atoms. The summed E-state index contributed by atoms with van der Waals surface area (Å²) >= 11 is 0. The second-order valence-corrected chi connectivity index (χ2v) is 8.40. The normalized spacial score (nSPS) is 10.7. The number of benzene rings is 1. The number of amides is 3. The third-order valence-electron chi connectivity index (χ3n) is 5.73. The van der Waals surface area contributed by atoms with E-state index in [1.165, 1.54) is 42.5 Å². The molecule has 0 saturated heterocycles. The minimum absolute atomic E-state index is 0.0615. The van der Waals surface area contributed by atoms with Gasteiger partial charge in [-0.2, -0.15) is 0 Å². The fourth-order valence-electron chi connectivity index (χ4n) is 3.62. The molecule has 2 aromatic heterocycles. The van der Waals surface area contributed by atoms with Gasteiger partial charge < -0.3 is 36.6 Å². The molecule has 0 aliphatic rings. The lowest BCUT2D eigenvalue weighted by atomic mass is 10.1. The lowest BCUT2D eigenvalue weighted by Gasteiger charge is -2.23. The second kappa shape index (κ2) is 13.5. The summed E-state index contributed by atoms with van der Waals surface area (Å²) in [6.07, 6.45) is 0. The third kappa shape index (κ3) is 7.38. The molecule has 0 aliphatic carbocycles. The molecule has 3 rings (SSSR count). The monoisotopic (exact) mass is 556 g/mol. The Bertz CT molecular complexity index is 1420. The van der Waals surface area contributed by atoms with E-state index in [9.17, 15) is 44.6 Å². The first-order valence-electron chi connectivity index (χ1n) is 12.0. The maximum atomic E-state index is 12.4. The SMILES string of the molecule is O=C(NCCN(CCNC(=O)c1cccc(=O)n1O)CCNC(=O)c1cccc(=O)n1O)c1cccc(O)c1O. The molecule has 0 unspecified atom stereocenters. The van der Waals surface area contributed by atoms with Gasteiger partial charge in [-0.25, -0.2) is 0 Å². The number of rotatable bonds is 12. The number of phenols is 2. The van der Waals surface area contributed by atoms with Crippen molar-refractivity contribution in [2.45, 2.75) is 0 Å². The van der Waals surface area contributed by atoms with Crippen LogP contribution >= 0.6 is 0 Å². The molecule has 0 atom stereocenters. The summed E-state index contributed by atoms with van der Waals surface area (Å²) < 4.78 is 0.443. The van der Waals surface area contributed by atoms with Crippen molar-refractivity contribution in [3.63, 3.8) is 0 Å². The van der Waals surface area contributed by atoms with E-state index in [1.54, 1.807) is 4.90 Å². The van der Waals surface area contributed by atoms with Crippen molar-refractivity contribution in [1.29, 1.82) is 0 Å². The first-order valence-corrected chi connectivity index (χ1v) is 12.0. The second-order valence-electron chi connectivity index (χ2n) is 8.40. The molecule has 7 N–H and O–H groups in total. The van der Waals surface area contributed by atoms with Crippen molar-refractivity contribution >= 4 is 17.7 Å². The molecule has 0 spiro atoms. The number of pyridine rings is 2. The Kier molecular flexibility index (Phi) is 9.85. The van der Waals surface area contributed by atoms with E-state index in [2.05, 4.69) is 16.0 Å². The smallest absolute Gasteiger partial charge is 0.283 e. The Morgan fingerprint density at radius 3 is 1.55 bits per heavy atom. The fourth-order valence-corrected chi connectivity index (χ4v) is 3.62. The summed E-state index contributed by atoms with van der Waals surface area (Å²) in [4.78, 5) is 62.0. The standard InChI is InChI=1S/C25H28N6O9/c32-19-7-1-4-16(22(19)35)23(36)26-10-13-29(14-11-27-24(37)17-5-2-8-20(33)30(17)39)15-12-28-25(38)18-6-3-9-21(34)31(18)40/h1-9,32,35,39-40H,10-15H2,(H,26,36)(H,27,37)(H,28,38). The molecule has 0 fully saturated rings. The van der Waals surface area contributed by atoms with Crippen LogP contribution in [0, 0.1) is 0 Å². The van der Waals surface area contributed by atoms with Crippen LogP contribution in [0.2, 0.25) is 0 Å². The van der Waals surface area contributed by atoms with Crippen molar-refractivity contribution in [2.75, 3.05) is 39.3 Å². The topological polar surface area (TPSA) is 215 Å². The highest BCUT2D eigenvalue weighted by Crippen LogP contribution is 2.27. The summed E-state index contributed by atoms with van der Waals surface area (Å²) in [5.74, 6) is -3.05. The van der Waals surface area contributed by atoms with E-state index in [0.29, 0.717) is 0 Å². The molecule has 212 valence electrons. The predicted molar refractivity (Wildman–Crippen MR) is 139 cm³/mol. The van der Waals surface area contributed by atoms with Crippen LogP contribution in [0.25, 0.3) is 0 Å². The first kappa shape index (κ1) is 29.2. The number of hydrogen-bond acceptors (Lipinski definition) is 10. The quantitative estimate of drug-likeness (QED) is 0.104. The number of carbonyl (C=O) groups excluding carboxylic acids is 3. The van der Waals surface area contributed by atoms with Crippen molar-refractivity contribution < 1.29 is 35.0 Å². The highest BCUT2D eigenvalue weighted by atomic mass is 16.5. The Morgan fingerprint density at radius 1 is 0.650 bits per heavy atom. The van der Waals surface area contributed by atoms with Gasteiger partial charge in [-0.15, -0.1) is 9.46 Å². The average Bonchev–Trinajstić information content (AvgIpc) is 2.92. The van der Waals surface area contributed by atoms with Crippen LogP contribution in [0.15, 0.2) is 64.2 Å². The maximum absolute atomic E-state index is 12.4. The van der Waals surface area contributed by atoms with Gasteiger partial charge in [0.05, 0.1) is 5.56 Å². The van der Waals surface area contributed by atoms with E-state index in [0.717, 1.165) is 12.1 Å². The molecule has 0 bridgehead atoms. The maximum Gasteiger partial charge on any atom is 0.283 e.